The number of carbonyl (C=O) groups excluding carboxylic acids is 1. The highest BCUT2D eigenvalue weighted by atomic mass is 16.2. The molecule has 23 heavy (non-hydrogen) atoms. The first-order valence-corrected chi connectivity index (χ1v) is 7.76. The van der Waals surface area contributed by atoms with E-state index in [9.17, 15) is 4.79 Å². The van der Waals surface area contributed by atoms with E-state index in [0.717, 1.165) is 42.7 Å². The van der Waals surface area contributed by atoms with Crippen molar-refractivity contribution >= 4 is 16.9 Å². The summed E-state index contributed by atoms with van der Waals surface area (Å²) in [5.74, 6) is 0.781. The van der Waals surface area contributed by atoms with Gasteiger partial charge in [-0.05, 0) is 31.4 Å². The first kappa shape index (κ1) is 13.9. The number of rotatable bonds is 3. The molecule has 1 amide bonds. The Bertz CT molecular complexity index is 810. The van der Waals surface area contributed by atoms with Gasteiger partial charge in [0.1, 0.15) is 24.2 Å². The number of benzene rings is 1. The van der Waals surface area contributed by atoms with E-state index in [4.69, 9.17) is 0 Å². The third-order valence-electron chi connectivity index (χ3n) is 4.28. The number of aromatic nitrogens is 6. The SMILES string of the molecule is O=C(Cn1nnc2ccccc21)N1CCCCC1c1ncn[nH]1. The van der Waals surface area contributed by atoms with Gasteiger partial charge in [-0.15, -0.1) is 5.10 Å². The number of amides is 1. The van der Waals surface area contributed by atoms with Crippen LogP contribution in [0.1, 0.15) is 31.1 Å². The Morgan fingerprint density at radius 2 is 2.22 bits per heavy atom. The third-order valence-corrected chi connectivity index (χ3v) is 4.28. The lowest BCUT2D eigenvalue weighted by Gasteiger charge is -2.34. The molecule has 1 aromatic carbocycles. The molecule has 8 heteroatoms. The van der Waals surface area contributed by atoms with Crippen LogP contribution in [-0.2, 0) is 11.3 Å². The molecule has 0 bridgehead atoms. The Kier molecular flexibility index (Phi) is 3.49. The minimum atomic E-state index is -0.0338. The van der Waals surface area contributed by atoms with Crippen molar-refractivity contribution in [3.8, 4) is 0 Å². The standard InChI is InChI=1S/C15H17N7O/c23-14(9-22-12-6-2-1-5-11(12)18-20-22)21-8-4-3-7-13(21)15-16-10-17-19-15/h1-2,5-6,10,13H,3-4,7-9H2,(H,16,17,19). The number of likely N-dealkylation sites (tertiary alicyclic amines) is 1. The van der Waals surface area contributed by atoms with Crippen LogP contribution in [0.5, 0.6) is 0 Å². The Labute approximate surface area is 132 Å². The Morgan fingerprint density at radius 3 is 3.09 bits per heavy atom. The van der Waals surface area contributed by atoms with Crippen molar-refractivity contribution in [2.24, 2.45) is 0 Å². The quantitative estimate of drug-likeness (QED) is 0.787. The summed E-state index contributed by atoms with van der Waals surface area (Å²) in [6.45, 7) is 0.919. The largest absolute Gasteiger partial charge is 0.331 e. The van der Waals surface area contributed by atoms with Gasteiger partial charge in [-0.1, -0.05) is 17.3 Å². The summed E-state index contributed by atoms with van der Waals surface area (Å²) in [4.78, 5) is 18.9. The van der Waals surface area contributed by atoms with Crippen LogP contribution >= 0.6 is 0 Å². The molecule has 3 heterocycles. The predicted octanol–water partition coefficient (Wildman–Crippen LogP) is 1.30. The van der Waals surface area contributed by atoms with Crippen LogP contribution in [0.4, 0.5) is 0 Å². The maximum absolute atomic E-state index is 12.8. The number of nitrogens with one attached hydrogen (secondary N) is 1. The fourth-order valence-corrected chi connectivity index (χ4v) is 3.14. The zero-order chi connectivity index (χ0) is 15.6. The summed E-state index contributed by atoms with van der Waals surface area (Å²) in [6, 6.07) is 7.61. The Hall–Kier alpha value is -2.77. The zero-order valence-corrected chi connectivity index (χ0v) is 12.6. The number of hydrogen-bond acceptors (Lipinski definition) is 5. The van der Waals surface area contributed by atoms with Crippen molar-refractivity contribution in [3.63, 3.8) is 0 Å². The Morgan fingerprint density at radius 1 is 1.30 bits per heavy atom. The van der Waals surface area contributed by atoms with Gasteiger partial charge in [-0.2, -0.15) is 5.10 Å². The van der Waals surface area contributed by atoms with Gasteiger partial charge in [-0.25, -0.2) is 9.67 Å². The fourth-order valence-electron chi connectivity index (χ4n) is 3.14. The number of hydrogen-bond donors (Lipinski definition) is 1. The topological polar surface area (TPSA) is 92.6 Å². The average Bonchev–Trinajstić information content (AvgIpc) is 3.25. The summed E-state index contributed by atoms with van der Waals surface area (Å²) in [6.07, 6.45) is 4.48. The molecule has 1 aliphatic rings. The molecule has 0 spiro atoms. The van der Waals surface area contributed by atoms with E-state index < -0.39 is 0 Å². The van der Waals surface area contributed by atoms with Crippen LogP contribution in [0.15, 0.2) is 30.6 Å². The van der Waals surface area contributed by atoms with Crippen LogP contribution in [-0.4, -0.2) is 47.5 Å². The van der Waals surface area contributed by atoms with Crippen molar-refractivity contribution in [1.29, 1.82) is 0 Å². The third kappa shape index (κ3) is 2.56. The molecule has 0 radical (unpaired) electrons. The van der Waals surface area contributed by atoms with Crippen LogP contribution in [0.2, 0.25) is 0 Å². The summed E-state index contributed by atoms with van der Waals surface area (Å²) in [5, 5.41) is 15.0. The zero-order valence-electron chi connectivity index (χ0n) is 12.6. The summed E-state index contributed by atoms with van der Waals surface area (Å²) >= 11 is 0. The number of aromatic amines is 1. The number of fused-ring (bicyclic) bond motifs is 1. The van der Waals surface area contributed by atoms with Crippen molar-refractivity contribution in [2.45, 2.75) is 31.8 Å². The molecule has 1 saturated heterocycles. The molecule has 1 aliphatic heterocycles. The molecule has 3 aromatic rings. The van der Waals surface area contributed by atoms with Gasteiger partial charge in [0.15, 0.2) is 0 Å². The molecule has 1 fully saturated rings. The lowest BCUT2D eigenvalue weighted by molar-refractivity contribution is -0.136. The monoisotopic (exact) mass is 311 g/mol. The van der Waals surface area contributed by atoms with Crippen LogP contribution in [0, 0.1) is 0 Å². The van der Waals surface area contributed by atoms with E-state index in [0.29, 0.717) is 0 Å². The maximum atomic E-state index is 12.8. The summed E-state index contributed by atoms with van der Waals surface area (Å²) in [7, 11) is 0. The average molecular weight is 311 g/mol. The number of nitrogens with zero attached hydrogens (tertiary/aromatic N) is 6. The second-order valence-electron chi connectivity index (χ2n) is 5.71. The summed E-state index contributed by atoms with van der Waals surface area (Å²) in [5.41, 5.74) is 1.67. The lowest BCUT2D eigenvalue weighted by atomic mass is 10.0. The number of piperidine rings is 1. The van der Waals surface area contributed by atoms with Crippen molar-refractivity contribution in [1.82, 2.24) is 35.1 Å². The molecule has 1 atom stereocenters. The molecule has 4 rings (SSSR count). The highest BCUT2D eigenvalue weighted by Crippen LogP contribution is 2.28. The maximum Gasteiger partial charge on any atom is 0.245 e. The van der Waals surface area contributed by atoms with E-state index in [1.807, 2.05) is 29.2 Å². The predicted molar refractivity (Wildman–Crippen MR) is 82.2 cm³/mol. The number of carbonyl (C=O) groups is 1. The van der Waals surface area contributed by atoms with Crippen LogP contribution < -0.4 is 0 Å². The van der Waals surface area contributed by atoms with Crippen LogP contribution in [0.3, 0.4) is 0 Å². The highest BCUT2D eigenvalue weighted by molar-refractivity contribution is 5.80. The van der Waals surface area contributed by atoms with Gasteiger partial charge in [0.05, 0.1) is 11.6 Å². The van der Waals surface area contributed by atoms with Gasteiger partial charge < -0.3 is 4.90 Å². The first-order valence-electron chi connectivity index (χ1n) is 7.76. The molecule has 1 N–H and O–H groups in total. The smallest absolute Gasteiger partial charge is 0.245 e. The van der Waals surface area contributed by atoms with E-state index >= 15 is 0 Å². The number of H-pyrrole nitrogens is 1. The van der Waals surface area contributed by atoms with Gasteiger partial charge in [0, 0.05) is 6.54 Å². The molecule has 0 saturated carbocycles. The minimum Gasteiger partial charge on any atom is -0.331 e. The first-order chi connectivity index (χ1) is 11.3. The van der Waals surface area contributed by atoms with E-state index in [-0.39, 0.29) is 18.5 Å². The van der Waals surface area contributed by atoms with Gasteiger partial charge in [0.2, 0.25) is 5.91 Å². The molecular formula is C15H17N7O. The van der Waals surface area contributed by atoms with Crippen molar-refractivity contribution in [2.75, 3.05) is 6.54 Å². The van der Waals surface area contributed by atoms with Crippen molar-refractivity contribution in [3.05, 3.63) is 36.4 Å². The van der Waals surface area contributed by atoms with E-state index in [1.54, 1.807) is 4.68 Å². The second-order valence-corrected chi connectivity index (χ2v) is 5.71. The van der Waals surface area contributed by atoms with Crippen LogP contribution in [0.25, 0.3) is 11.0 Å². The fraction of sp³-hybridized carbons (Fsp3) is 0.400. The molecule has 1 unspecified atom stereocenters. The van der Waals surface area contributed by atoms with Gasteiger partial charge in [-0.3, -0.25) is 9.89 Å². The van der Waals surface area contributed by atoms with E-state index in [2.05, 4.69) is 25.5 Å². The molecule has 8 nitrogen and oxygen atoms in total. The second kappa shape index (κ2) is 5.79. The van der Waals surface area contributed by atoms with Crippen molar-refractivity contribution < 1.29 is 4.79 Å². The number of para-hydroxylation sites is 1. The summed E-state index contributed by atoms with van der Waals surface area (Å²) < 4.78 is 1.66. The minimum absolute atomic E-state index is 0.0294. The Balaban J connectivity index is 1.57. The molecule has 0 aliphatic carbocycles. The normalized spacial score (nSPS) is 18.4. The van der Waals surface area contributed by atoms with E-state index in [1.165, 1.54) is 6.33 Å². The van der Waals surface area contributed by atoms with Gasteiger partial charge in [0.25, 0.3) is 0 Å². The lowest BCUT2D eigenvalue weighted by Crippen LogP contribution is -2.41. The highest BCUT2D eigenvalue weighted by Gasteiger charge is 2.30. The molecule has 118 valence electrons. The molecular weight excluding hydrogens is 294 g/mol. The molecule has 2 aromatic heterocycles. The van der Waals surface area contributed by atoms with Gasteiger partial charge >= 0.3 is 0 Å².